The van der Waals surface area contributed by atoms with E-state index in [4.69, 9.17) is 5.73 Å². The summed E-state index contributed by atoms with van der Waals surface area (Å²) in [5.74, 6) is 0.878. The lowest BCUT2D eigenvalue weighted by Crippen LogP contribution is -2.25. The molecule has 1 unspecified atom stereocenters. The van der Waals surface area contributed by atoms with Crippen LogP contribution >= 0.6 is 0 Å². The number of nitrogens with two attached hydrogens (primary N) is 1. The second-order valence-electron chi connectivity index (χ2n) is 5.35. The first kappa shape index (κ1) is 12.4. The molecular formula is C15H24N2. The van der Waals surface area contributed by atoms with Crippen molar-refractivity contribution in [1.82, 2.24) is 0 Å². The molecule has 0 aromatic heterocycles. The molecule has 17 heavy (non-hydrogen) atoms. The minimum Gasteiger partial charge on any atom is -0.371 e. The van der Waals surface area contributed by atoms with Crippen LogP contribution in [0.3, 0.4) is 0 Å². The van der Waals surface area contributed by atoms with Crippen LogP contribution in [0.4, 0.5) is 5.69 Å². The summed E-state index contributed by atoms with van der Waals surface area (Å²) < 4.78 is 0. The Hall–Kier alpha value is -1.02. The molecule has 1 saturated heterocycles. The van der Waals surface area contributed by atoms with E-state index in [-0.39, 0.29) is 0 Å². The molecule has 1 aromatic rings. The maximum absolute atomic E-state index is 5.68. The van der Waals surface area contributed by atoms with Gasteiger partial charge in [-0.1, -0.05) is 19.1 Å². The van der Waals surface area contributed by atoms with E-state index >= 15 is 0 Å². The standard InChI is InChI=1S/C15H24N2/c1-12-4-3-8-17(9-7-12)15-6-5-14(11-16)10-13(15)2/h5-6,10,12H,3-4,7-9,11,16H2,1-2H3. The molecule has 1 heterocycles. The van der Waals surface area contributed by atoms with Crippen molar-refractivity contribution >= 4 is 5.69 Å². The van der Waals surface area contributed by atoms with Crippen LogP contribution in [0.1, 0.15) is 37.3 Å². The fourth-order valence-corrected chi connectivity index (χ4v) is 2.70. The number of hydrogen-bond acceptors (Lipinski definition) is 2. The molecule has 0 saturated carbocycles. The minimum absolute atomic E-state index is 0.637. The van der Waals surface area contributed by atoms with E-state index in [0.29, 0.717) is 6.54 Å². The minimum atomic E-state index is 0.637. The zero-order chi connectivity index (χ0) is 12.3. The van der Waals surface area contributed by atoms with Crippen LogP contribution in [0.2, 0.25) is 0 Å². The summed E-state index contributed by atoms with van der Waals surface area (Å²) in [7, 11) is 0. The van der Waals surface area contributed by atoms with Gasteiger partial charge in [-0.05, 0) is 49.3 Å². The number of rotatable bonds is 2. The van der Waals surface area contributed by atoms with Gasteiger partial charge in [0.25, 0.3) is 0 Å². The molecule has 0 spiro atoms. The van der Waals surface area contributed by atoms with Crippen molar-refractivity contribution in [3.63, 3.8) is 0 Å². The van der Waals surface area contributed by atoms with Gasteiger partial charge < -0.3 is 10.6 Å². The quantitative estimate of drug-likeness (QED) is 0.849. The number of aryl methyl sites for hydroxylation is 1. The van der Waals surface area contributed by atoms with Gasteiger partial charge >= 0.3 is 0 Å². The van der Waals surface area contributed by atoms with Crippen molar-refractivity contribution in [1.29, 1.82) is 0 Å². The maximum atomic E-state index is 5.68. The average Bonchev–Trinajstić information content (AvgIpc) is 2.54. The van der Waals surface area contributed by atoms with Crippen LogP contribution in [-0.4, -0.2) is 13.1 Å². The van der Waals surface area contributed by atoms with E-state index in [1.54, 1.807) is 0 Å². The highest BCUT2D eigenvalue weighted by Crippen LogP contribution is 2.25. The molecule has 1 aliphatic heterocycles. The summed E-state index contributed by atoms with van der Waals surface area (Å²) in [5, 5.41) is 0. The second kappa shape index (κ2) is 5.54. The molecule has 2 rings (SSSR count). The Bertz CT molecular complexity index is 373. The Balaban J connectivity index is 2.15. The van der Waals surface area contributed by atoms with Gasteiger partial charge in [-0.3, -0.25) is 0 Å². The molecule has 1 aliphatic rings. The number of nitrogens with zero attached hydrogens (tertiary/aromatic N) is 1. The predicted octanol–water partition coefficient (Wildman–Crippen LogP) is 3.08. The lowest BCUT2D eigenvalue weighted by atomic mass is 10.0. The maximum Gasteiger partial charge on any atom is 0.0396 e. The van der Waals surface area contributed by atoms with Crippen molar-refractivity contribution in [2.24, 2.45) is 11.7 Å². The third kappa shape index (κ3) is 3.01. The van der Waals surface area contributed by atoms with Crippen molar-refractivity contribution in [2.45, 2.75) is 39.7 Å². The largest absolute Gasteiger partial charge is 0.371 e. The number of benzene rings is 1. The van der Waals surface area contributed by atoms with Crippen molar-refractivity contribution in [3.05, 3.63) is 29.3 Å². The van der Waals surface area contributed by atoms with E-state index < -0.39 is 0 Å². The van der Waals surface area contributed by atoms with Gasteiger partial charge in [0, 0.05) is 25.3 Å². The summed E-state index contributed by atoms with van der Waals surface area (Å²) in [4.78, 5) is 2.54. The Morgan fingerprint density at radius 1 is 1.29 bits per heavy atom. The lowest BCUT2D eigenvalue weighted by Gasteiger charge is -2.25. The van der Waals surface area contributed by atoms with Crippen LogP contribution in [0.25, 0.3) is 0 Å². The molecular weight excluding hydrogens is 208 g/mol. The summed E-state index contributed by atoms with van der Waals surface area (Å²) in [5.41, 5.74) is 9.67. The van der Waals surface area contributed by atoms with Crippen molar-refractivity contribution in [3.8, 4) is 0 Å². The van der Waals surface area contributed by atoms with Gasteiger partial charge in [-0.15, -0.1) is 0 Å². The monoisotopic (exact) mass is 232 g/mol. The van der Waals surface area contributed by atoms with Gasteiger partial charge in [0.05, 0.1) is 0 Å². The number of hydrogen-bond donors (Lipinski definition) is 1. The third-order valence-electron chi connectivity index (χ3n) is 3.85. The first-order valence-corrected chi connectivity index (χ1v) is 6.75. The van der Waals surface area contributed by atoms with Gasteiger partial charge in [0.15, 0.2) is 0 Å². The molecule has 0 amide bonds. The zero-order valence-electron chi connectivity index (χ0n) is 11.1. The SMILES string of the molecule is Cc1cc(CN)ccc1N1CCCC(C)CC1. The van der Waals surface area contributed by atoms with Crippen molar-refractivity contribution in [2.75, 3.05) is 18.0 Å². The van der Waals surface area contributed by atoms with Gasteiger partial charge in [-0.25, -0.2) is 0 Å². The van der Waals surface area contributed by atoms with Crippen LogP contribution in [0.15, 0.2) is 18.2 Å². The highest BCUT2D eigenvalue weighted by molar-refractivity contribution is 5.54. The highest BCUT2D eigenvalue weighted by Gasteiger charge is 2.15. The first-order valence-electron chi connectivity index (χ1n) is 6.75. The molecule has 94 valence electrons. The Kier molecular flexibility index (Phi) is 4.06. The molecule has 0 radical (unpaired) electrons. The average molecular weight is 232 g/mol. The fraction of sp³-hybridized carbons (Fsp3) is 0.600. The Morgan fingerprint density at radius 3 is 2.82 bits per heavy atom. The molecule has 2 nitrogen and oxygen atoms in total. The molecule has 1 aromatic carbocycles. The molecule has 1 fully saturated rings. The van der Waals surface area contributed by atoms with E-state index in [1.807, 2.05) is 0 Å². The lowest BCUT2D eigenvalue weighted by molar-refractivity contribution is 0.521. The van der Waals surface area contributed by atoms with E-state index in [9.17, 15) is 0 Å². The summed E-state index contributed by atoms with van der Waals surface area (Å²) in [6.45, 7) is 7.60. The van der Waals surface area contributed by atoms with Crippen LogP contribution in [0.5, 0.6) is 0 Å². The second-order valence-corrected chi connectivity index (χ2v) is 5.35. The Morgan fingerprint density at radius 2 is 2.12 bits per heavy atom. The van der Waals surface area contributed by atoms with Gasteiger partial charge in [0.2, 0.25) is 0 Å². The van der Waals surface area contributed by atoms with Crippen LogP contribution in [-0.2, 0) is 6.54 Å². The Labute approximate surface area is 105 Å². The van der Waals surface area contributed by atoms with Crippen LogP contribution < -0.4 is 10.6 Å². The smallest absolute Gasteiger partial charge is 0.0396 e. The van der Waals surface area contributed by atoms with Crippen LogP contribution in [0, 0.1) is 12.8 Å². The molecule has 0 aliphatic carbocycles. The van der Waals surface area contributed by atoms with Gasteiger partial charge in [-0.2, -0.15) is 0 Å². The molecule has 1 atom stereocenters. The summed E-state index contributed by atoms with van der Waals surface area (Å²) in [6, 6.07) is 6.63. The third-order valence-corrected chi connectivity index (χ3v) is 3.85. The fourth-order valence-electron chi connectivity index (χ4n) is 2.70. The topological polar surface area (TPSA) is 29.3 Å². The predicted molar refractivity (Wildman–Crippen MR) is 74.3 cm³/mol. The normalized spacial score (nSPS) is 21.4. The van der Waals surface area contributed by atoms with E-state index in [2.05, 4.69) is 36.9 Å². The molecule has 0 bridgehead atoms. The number of anilines is 1. The van der Waals surface area contributed by atoms with Crippen molar-refractivity contribution < 1.29 is 0 Å². The summed E-state index contributed by atoms with van der Waals surface area (Å²) >= 11 is 0. The van der Waals surface area contributed by atoms with E-state index in [1.165, 1.54) is 49.2 Å². The first-order chi connectivity index (χ1) is 8.20. The van der Waals surface area contributed by atoms with E-state index in [0.717, 1.165) is 5.92 Å². The summed E-state index contributed by atoms with van der Waals surface area (Å²) in [6.07, 6.45) is 4.01. The molecule has 2 N–H and O–H groups in total. The zero-order valence-corrected chi connectivity index (χ0v) is 11.1. The highest BCUT2D eigenvalue weighted by atomic mass is 15.1. The molecule has 2 heteroatoms. The van der Waals surface area contributed by atoms with Gasteiger partial charge in [0.1, 0.15) is 0 Å².